The molecule has 2 aromatic rings. The van der Waals surface area contributed by atoms with Crippen molar-refractivity contribution in [2.75, 3.05) is 0 Å². The largest absolute Gasteiger partial charge is 0.481 e. The smallest absolute Gasteiger partial charge is 0.305 e. The molecule has 1 amide bonds. The van der Waals surface area contributed by atoms with E-state index in [4.69, 9.17) is 9.52 Å². The molecular formula is C15H17NO4. The summed E-state index contributed by atoms with van der Waals surface area (Å²) in [4.78, 5) is 23.1. The number of hydrogen-bond donors (Lipinski definition) is 2. The van der Waals surface area contributed by atoms with Gasteiger partial charge < -0.3 is 14.8 Å². The van der Waals surface area contributed by atoms with Gasteiger partial charge in [-0.2, -0.15) is 0 Å². The molecule has 1 unspecified atom stereocenters. The number of hydrogen-bond acceptors (Lipinski definition) is 3. The lowest BCUT2D eigenvalue weighted by Gasteiger charge is -2.20. The lowest BCUT2D eigenvalue weighted by molar-refractivity contribution is -0.137. The molecule has 0 bridgehead atoms. The number of benzene rings is 1. The van der Waals surface area contributed by atoms with Crippen LogP contribution < -0.4 is 5.32 Å². The number of amides is 1. The van der Waals surface area contributed by atoms with E-state index in [-0.39, 0.29) is 18.2 Å². The van der Waals surface area contributed by atoms with E-state index >= 15 is 0 Å². The van der Waals surface area contributed by atoms with Crippen molar-refractivity contribution >= 4 is 22.8 Å². The summed E-state index contributed by atoms with van der Waals surface area (Å²) in [6.45, 7) is 3.75. The van der Waals surface area contributed by atoms with Crippen molar-refractivity contribution in [2.45, 2.75) is 26.3 Å². The molecule has 0 fully saturated rings. The molecule has 0 aliphatic rings. The van der Waals surface area contributed by atoms with Crippen molar-refractivity contribution in [2.24, 2.45) is 5.92 Å². The van der Waals surface area contributed by atoms with Crippen LogP contribution in [-0.4, -0.2) is 23.0 Å². The number of rotatable bonds is 5. The number of carbonyl (C=O) groups is 2. The highest BCUT2D eigenvalue weighted by molar-refractivity contribution is 6.06. The topological polar surface area (TPSA) is 79.5 Å². The van der Waals surface area contributed by atoms with Crippen molar-refractivity contribution in [1.82, 2.24) is 5.32 Å². The van der Waals surface area contributed by atoms with E-state index in [9.17, 15) is 9.59 Å². The summed E-state index contributed by atoms with van der Waals surface area (Å²) in [7, 11) is 0. The zero-order valence-corrected chi connectivity index (χ0v) is 11.4. The third-order valence-electron chi connectivity index (χ3n) is 3.24. The maximum Gasteiger partial charge on any atom is 0.305 e. The minimum Gasteiger partial charge on any atom is -0.481 e. The number of carboxylic acid groups (broad SMARTS) is 1. The molecular weight excluding hydrogens is 258 g/mol. The molecule has 0 saturated carbocycles. The summed E-state index contributed by atoms with van der Waals surface area (Å²) >= 11 is 0. The third kappa shape index (κ3) is 2.99. The van der Waals surface area contributed by atoms with Crippen LogP contribution in [0.1, 0.15) is 30.6 Å². The van der Waals surface area contributed by atoms with Crippen LogP contribution in [0.3, 0.4) is 0 Å². The van der Waals surface area contributed by atoms with Crippen molar-refractivity contribution in [3.63, 3.8) is 0 Å². The molecule has 1 atom stereocenters. The molecule has 5 heteroatoms. The Morgan fingerprint density at radius 3 is 2.65 bits per heavy atom. The second kappa shape index (κ2) is 5.77. The van der Waals surface area contributed by atoms with Crippen LogP contribution in [0.4, 0.5) is 0 Å². The van der Waals surface area contributed by atoms with E-state index in [1.54, 1.807) is 12.1 Å². The Morgan fingerprint density at radius 2 is 2.00 bits per heavy atom. The van der Waals surface area contributed by atoms with Crippen LogP contribution in [0, 0.1) is 5.92 Å². The van der Waals surface area contributed by atoms with Crippen molar-refractivity contribution in [3.05, 3.63) is 36.1 Å². The summed E-state index contributed by atoms with van der Waals surface area (Å²) < 4.78 is 5.32. The Balaban J connectivity index is 2.20. The molecule has 2 N–H and O–H groups in total. The Morgan fingerprint density at radius 1 is 1.30 bits per heavy atom. The predicted molar refractivity (Wildman–Crippen MR) is 74.6 cm³/mol. The van der Waals surface area contributed by atoms with Gasteiger partial charge in [-0.1, -0.05) is 32.0 Å². The summed E-state index contributed by atoms with van der Waals surface area (Å²) in [5.74, 6) is -1.20. The molecule has 106 valence electrons. The molecule has 0 saturated heterocycles. The normalized spacial score (nSPS) is 12.6. The third-order valence-corrected chi connectivity index (χ3v) is 3.24. The number of nitrogens with one attached hydrogen (secondary N) is 1. The van der Waals surface area contributed by atoms with Gasteiger partial charge in [-0.3, -0.25) is 9.59 Å². The molecule has 2 rings (SSSR count). The number of carbonyl (C=O) groups excluding carboxylic acids is 1. The lowest BCUT2D eigenvalue weighted by atomic mass is 10.0. The fourth-order valence-electron chi connectivity index (χ4n) is 2.04. The first kappa shape index (κ1) is 14.1. The van der Waals surface area contributed by atoms with E-state index in [1.165, 1.54) is 6.26 Å². The second-order valence-electron chi connectivity index (χ2n) is 5.07. The summed E-state index contributed by atoms with van der Waals surface area (Å²) in [5, 5.41) is 12.4. The van der Waals surface area contributed by atoms with E-state index in [1.807, 2.05) is 26.0 Å². The molecule has 1 aromatic carbocycles. The molecule has 0 spiro atoms. The highest BCUT2D eigenvalue weighted by Crippen LogP contribution is 2.21. The maximum absolute atomic E-state index is 12.3. The summed E-state index contributed by atoms with van der Waals surface area (Å²) in [5.41, 5.74) is 1.06. The van der Waals surface area contributed by atoms with Gasteiger partial charge in [0.25, 0.3) is 5.91 Å². The van der Waals surface area contributed by atoms with Gasteiger partial charge in [0.05, 0.1) is 12.0 Å². The lowest BCUT2D eigenvalue weighted by Crippen LogP contribution is -2.40. The zero-order valence-electron chi connectivity index (χ0n) is 11.4. The van der Waals surface area contributed by atoms with Crippen LogP contribution in [0.5, 0.6) is 0 Å². The van der Waals surface area contributed by atoms with E-state index in [2.05, 4.69) is 5.32 Å². The summed E-state index contributed by atoms with van der Waals surface area (Å²) in [6.07, 6.45) is 1.30. The van der Waals surface area contributed by atoms with E-state index in [0.717, 1.165) is 5.39 Å². The first-order chi connectivity index (χ1) is 9.49. The van der Waals surface area contributed by atoms with Crippen molar-refractivity contribution in [1.29, 1.82) is 0 Å². The van der Waals surface area contributed by atoms with Gasteiger partial charge in [0.15, 0.2) is 0 Å². The quantitative estimate of drug-likeness (QED) is 0.879. The van der Waals surface area contributed by atoms with Crippen LogP contribution in [0.15, 0.2) is 34.9 Å². The number of fused-ring (bicyclic) bond motifs is 1. The van der Waals surface area contributed by atoms with Gasteiger partial charge in [-0.15, -0.1) is 0 Å². The zero-order chi connectivity index (χ0) is 14.7. The van der Waals surface area contributed by atoms with Gasteiger partial charge in [0.1, 0.15) is 11.8 Å². The van der Waals surface area contributed by atoms with Crippen LogP contribution >= 0.6 is 0 Å². The van der Waals surface area contributed by atoms with Crippen molar-refractivity contribution in [3.8, 4) is 0 Å². The highest BCUT2D eigenvalue weighted by atomic mass is 16.4. The molecule has 1 heterocycles. The number of aliphatic carboxylic acids is 1. The summed E-state index contributed by atoms with van der Waals surface area (Å²) in [6, 6.07) is 6.83. The SMILES string of the molecule is CC(C)C(CC(=O)O)NC(=O)c1coc2ccccc12. The molecule has 5 nitrogen and oxygen atoms in total. The Labute approximate surface area is 116 Å². The van der Waals surface area contributed by atoms with Gasteiger partial charge >= 0.3 is 5.97 Å². The van der Waals surface area contributed by atoms with Crippen LogP contribution in [-0.2, 0) is 4.79 Å². The first-order valence-electron chi connectivity index (χ1n) is 6.48. The number of carboxylic acids is 1. The highest BCUT2D eigenvalue weighted by Gasteiger charge is 2.22. The Kier molecular flexibility index (Phi) is 4.08. The molecule has 0 aliphatic heterocycles. The Hall–Kier alpha value is -2.30. The molecule has 0 radical (unpaired) electrons. The minimum atomic E-state index is -0.930. The average molecular weight is 275 g/mol. The van der Waals surface area contributed by atoms with Crippen LogP contribution in [0.2, 0.25) is 0 Å². The number of para-hydroxylation sites is 1. The van der Waals surface area contributed by atoms with E-state index in [0.29, 0.717) is 11.1 Å². The van der Waals surface area contributed by atoms with E-state index < -0.39 is 12.0 Å². The van der Waals surface area contributed by atoms with Gasteiger partial charge in [0, 0.05) is 11.4 Å². The fourth-order valence-corrected chi connectivity index (χ4v) is 2.04. The van der Waals surface area contributed by atoms with Gasteiger partial charge in [0.2, 0.25) is 0 Å². The van der Waals surface area contributed by atoms with Gasteiger partial charge in [-0.05, 0) is 12.0 Å². The minimum absolute atomic E-state index is 0.0354. The Bertz CT molecular complexity index is 630. The average Bonchev–Trinajstić information content (AvgIpc) is 2.81. The second-order valence-corrected chi connectivity index (χ2v) is 5.07. The van der Waals surface area contributed by atoms with Crippen LogP contribution in [0.25, 0.3) is 11.0 Å². The first-order valence-corrected chi connectivity index (χ1v) is 6.48. The number of furan rings is 1. The van der Waals surface area contributed by atoms with Gasteiger partial charge in [-0.25, -0.2) is 0 Å². The molecule has 20 heavy (non-hydrogen) atoms. The predicted octanol–water partition coefficient (Wildman–Crippen LogP) is 2.66. The fraction of sp³-hybridized carbons (Fsp3) is 0.333. The van der Waals surface area contributed by atoms with Crippen molar-refractivity contribution < 1.29 is 19.1 Å². The standard InChI is InChI=1S/C15H17NO4/c1-9(2)12(7-14(17)18)16-15(19)11-8-20-13-6-4-3-5-10(11)13/h3-6,8-9,12H,7H2,1-2H3,(H,16,19)(H,17,18). The molecule has 0 aliphatic carbocycles. The maximum atomic E-state index is 12.3. The monoisotopic (exact) mass is 275 g/mol. The molecule has 1 aromatic heterocycles.